The molecule has 22 heavy (non-hydrogen) atoms. The Morgan fingerprint density at radius 2 is 2.00 bits per heavy atom. The molecule has 2 heterocycles. The number of hydrogen-bond acceptors (Lipinski definition) is 3. The summed E-state index contributed by atoms with van der Waals surface area (Å²) in [5.41, 5.74) is 3.69. The predicted molar refractivity (Wildman–Crippen MR) is 86.0 cm³/mol. The van der Waals surface area contributed by atoms with Gasteiger partial charge in [0.25, 0.3) is 0 Å². The zero-order chi connectivity index (χ0) is 15.7. The van der Waals surface area contributed by atoms with Gasteiger partial charge >= 0.3 is 5.97 Å². The number of carbonyl (C=O) groups is 1. The third-order valence-electron chi connectivity index (χ3n) is 4.41. The summed E-state index contributed by atoms with van der Waals surface area (Å²) in [5, 5.41) is 17.2. The molecule has 0 amide bonds. The molecule has 1 aromatic carbocycles. The number of fused-ring (bicyclic) bond motifs is 1. The van der Waals surface area contributed by atoms with Gasteiger partial charge in [-0.3, -0.25) is 0 Å². The summed E-state index contributed by atoms with van der Waals surface area (Å²) in [6.07, 6.45) is 3.17. The van der Waals surface area contributed by atoms with Crippen molar-refractivity contribution < 1.29 is 9.90 Å². The minimum absolute atomic E-state index is 0.292. The summed E-state index contributed by atoms with van der Waals surface area (Å²) in [5.74, 6) is 0.631. The van der Waals surface area contributed by atoms with Crippen LogP contribution >= 0.6 is 0 Å². The molecule has 5 heteroatoms. The topological polar surface area (TPSA) is 67.2 Å². The number of benzene rings is 1. The first kappa shape index (κ1) is 14.6. The standard InChI is InChI=1S/C17H21N3O2/c1-3-11(4-2)15-14-9-10-18-16(14)20(19-15)13-7-5-12(6-8-13)17(21)22/h5-8,11,18H,3-4,9-10H2,1-2H3,(H,21,22). The number of anilines is 1. The minimum atomic E-state index is -0.909. The molecule has 0 saturated carbocycles. The van der Waals surface area contributed by atoms with Crippen molar-refractivity contribution in [2.45, 2.75) is 39.0 Å². The molecule has 2 N–H and O–H groups in total. The van der Waals surface area contributed by atoms with Crippen LogP contribution in [0.25, 0.3) is 5.69 Å². The summed E-state index contributed by atoms with van der Waals surface area (Å²) < 4.78 is 1.92. The van der Waals surface area contributed by atoms with Crippen LogP contribution in [0.5, 0.6) is 0 Å². The summed E-state index contributed by atoms with van der Waals surface area (Å²) in [7, 11) is 0. The van der Waals surface area contributed by atoms with Gasteiger partial charge in [0, 0.05) is 18.0 Å². The van der Waals surface area contributed by atoms with E-state index in [1.807, 2.05) is 16.8 Å². The number of hydrogen-bond donors (Lipinski definition) is 2. The highest BCUT2D eigenvalue weighted by Gasteiger charge is 2.26. The number of carboxylic acids is 1. The molecule has 1 aliphatic heterocycles. The molecule has 0 aliphatic carbocycles. The lowest BCUT2D eigenvalue weighted by molar-refractivity contribution is 0.0697. The van der Waals surface area contributed by atoms with E-state index in [2.05, 4.69) is 19.2 Å². The maximum atomic E-state index is 11.0. The van der Waals surface area contributed by atoms with Gasteiger partial charge < -0.3 is 10.4 Å². The number of nitrogens with one attached hydrogen (secondary N) is 1. The fourth-order valence-corrected chi connectivity index (χ4v) is 3.14. The molecule has 2 aromatic rings. The highest BCUT2D eigenvalue weighted by atomic mass is 16.4. The number of nitrogens with zero attached hydrogens (tertiary/aromatic N) is 2. The molecule has 0 unspecified atom stereocenters. The highest BCUT2D eigenvalue weighted by Crippen LogP contribution is 2.35. The molecule has 0 radical (unpaired) electrons. The normalized spacial score (nSPS) is 13.2. The first-order valence-corrected chi connectivity index (χ1v) is 7.85. The van der Waals surface area contributed by atoms with Crippen molar-refractivity contribution in [1.82, 2.24) is 9.78 Å². The summed E-state index contributed by atoms with van der Waals surface area (Å²) in [6, 6.07) is 6.87. The van der Waals surface area contributed by atoms with Gasteiger partial charge in [0.15, 0.2) is 0 Å². The largest absolute Gasteiger partial charge is 0.478 e. The molecule has 5 nitrogen and oxygen atoms in total. The molecule has 1 aliphatic rings. The van der Waals surface area contributed by atoms with E-state index in [0.29, 0.717) is 11.5 Å². The Morgan fingerprint density at radius 1 is 1.32 bits per heavy atom. The highest BCUT2D eigenvalue weighted by molar-refractivity contribution is 5.87. The number of aromatic nitrogens is 2. The Morgan fingerprint density at radius 3 is 2.59 bits per heavy atom. The van der Waals surface area contributed by atoms with Gasteiger partial charge in [-0.25, -0.2) is 9.48 Å². The van der Waals surface area contributed by atoms with Gasteiger partial charge in [0.05, 0.1) is 16.9 Å². The van der Waals surface area contributed by atoms with Crippen molar-refractivity contribution in [3.63, 3.8) is 0 Å². The molecule has 0 saturated heterocycles. The van der Waals surface area contributed by atoms with Gasteiger partial charge in [-0.2, -0.15) is 5.10 Å². The van der Waals surface area contributed by atoms with E-state index < -0.39 is 5.97 Å². The number of aromatic carboxylic acids is 1. The molecule has 0 bridgehead atoms. The lowest BCUT2D eigenvalue weighted by Gasteiger charge is -2.10. The second kappa shape index (κ2) is 5.83. The number of rotatable bonds is 5. The van der Waals surface area contributed by atoms with Crippen LogP contribution in [0.15, 0.2) is 24.3 Å². The molecular formula is C17H21N3O2. The van der Waals surface area contributed by atoms with Crippen LogP contribution < -0.4 is 5.32 Å². The zero-order valence-electron chi connectivity index (χ0n) is 13.0. The Labute approximate surface area is 130 Å². The van der Waals surface area contributed by atoms with E-state index in [1.54, 1.807) is 12.1 Å². The maximum absolute atomic E-state index is 11.0. The Kier molecular flexibility index (Phi) is 3.88. The van der Waals surface area contributed by atoms with Crippen LogP contribution in [0.3, 0.4) is 0 Å². The first-order chi connectivity index (χ1) is 10.7. The van der Waals surface area contributed by atoms with Crippen LogP contribution in [-0.4, -0.2) is 27.4 Å². The van der Waals surface area contributed by atoms with Crippen LogP contribution in [0.2, 0.25) is 0 Å². The number of carboxylic acid groups (broad SMARTS) is 1. The van der Waals surface area contributed by atoms with Crippen molar-refractivity contribution in [1.29, 1.82) is 0 Å². The molecule has 3 rings (SSSR count). The molecule has 0 fully saturated rings. The van der Waals surface area contributed by atoms with Crippen molar-refractivity contribution in [3.8, 4) is 5.69 Å². The molecule has 1 aromatic heterocycles. The average Bonchev–Trinajstić information content (AvgIpc) is 3.12. The lowest BCUT2D eigenvalue weighted by atomic mass is 9.96. The molecule has 116 valence electrons. The van der Waals surface area contributed by atoms with Gasteiger partial charge in [-0.05, 0) is 43.5 Å². The summed E-state index contributed by atoms with van der Waals surface area (Å²) >= 11 is 0. The predicted octanol–water partition coefficient (Wildman–Crippen LogP) is 3.44. The third-order valence-corrected chi connectivity index (χ3v) is 4.41. The van der Waals surface area contributed by atoms with Crippen LogP contribution in [0.1, 0.15) is 54.2 Å². The Balaban J connectivity index is 2.04. The van der Waals surface area contributed by atoms with Crippen molar-refractivity contribution in [2.24, 2.45) is 0 Å². The van der Waals surface area contributed by atoms with Crippen molar-refractivity contribution in [3.05, 3.63) is 41.1 Å². The van der Waals surface area contributed by atoms with E-state index in [0.717, 1.165) is 37.3 Å². The average molecular weight is 299 g/mol. The second-order valence-corrected chi connectivity index (χ2v) is 5.67. The zero-order valence-corrected chi connectivity index (χ0v) is 13.0. The lowest BCUT2D eigenvalue weighted by Crippen LogP contribution is -2.07. The Hall–Kier alpha value is -2.30. The first-order valence-electron chi connectivity index (χ1n) is 7.85. The van der Waals surface area contributed by atoms with Gasteiger partial charge in [-0.15, -0.1) is 0 Å². The van der Waals surface area contributed by atoms with Gasteiger partial charge in [-0.1, -0.05) is 13.8 Å². The van der Waals surface area contributed by atoms with E-state index in [9.17, 15) is 4.79 Å². The SMILES string of the molecule is CCC(CC)c1nn(-c2ccc(C(=O)O)cc2)c2c1CCN2. The van der Waals surface area contributed by atoms with Gasteiger partial charge in [0.1, 0.15) is 5.82 Å². The Bertz CT molecular complexity index is 685. The summed E-state index contributed by atoms with van der Waals surface area (Å²) in [4.78, 5) is 11.0. The van der Waals surface area contributed by atoms with Crippen molar-refractivity contribution >= 4 is 11.8 Å². The third kappa shape index (κ3) is 2.36. The van der Waals surface area contributed by atoms with Crippen LogP contribution in [0, 0.1) is 0 Å². The fraction of sp³-hybridized carbons (Fsp3) is 0.412. The quantitative estimate of drug-likeness (QED) is 0.887. The van der Waals surface area contributed by atoms with Crippen molar-refractivity contribution in [2.75, 3.05) is 11.9 Å². The molecule has 0 spiro atoms. The minimum Gasteiger partial charge on any atom is -0.478 e. The smallest absolute Gasteiger partial charge is 0.335 e. The fourth-order valence-electron chi connectivity index (χ4n) is 3.14. The maximum Gasteiger partial charge on any atom is 0.335 e. The monoisotopic (exact) mass is 299 g/mol. The molecule has 0 atom stereocenters. The van der Waals surface area contributed by atoms with E-state index in [-0.39, 0.29) is 0 Å². The van der Waals surface area contributed by atoms with Gasteiger partial charge in [0.2, 0.25) is 0 Å². The molecular weight excluding hydrogens is 278 g/mol. The van der Waals surface area contributed by atoms with Crippen LogP contribution in [0.4, 0.5) is 5.82 Å². The van der Waals surface area contributed by atoms with E-state index in [1.165, 1.54) is 11.3 Å². The second-order valence-electron chi connectivity index (χ2n) is 5.67. The van der Waals surface area contributed by atoms with E-state index in [4.69, 9.17) is 10.2 Å². The van der Waals surface area contributed by atoms with E-state index >= 15 is 0 Å². The van der Waals surface area contributed by atoms with Crippen LogP contribution in [-0.2, 0) is 6.42 Å². The summed E-state index contributed by atoms with van der Waals surface area (Å²) in [6.45, 7) is 5.33.